The highest BCUT2D eigenvalue weighted by Gasteiger charge is 2.37. The molecule has 2 amide bonds. The molecule has 0 radical (unpaired) electrons. The van der Waals surface area contributed by atoms with Gasteiger partial charge in [0.15, 0.2) is 0 Å². The summed E-state index contributed by atoms with van der Waals surface area (Å²) >= 11 is 3.32. The summed E-state index contributed by atoms with van der Waals surface area (Å²) < 4.78 is 15.2. The highest BCUT2D eigenvalue weighted by molar-refractivity contribution is 9.10. The van der Waals surface area contributed by atoms with Crippen molar-refractivity contribution in [2.45, 2.75) is 63.1 Å². The third-order valence-electron chi connectivity index (χ3n) is 6.48. The molecule has 1 unspecified atom stereocenters. The highest BCUT2D eigenvalue weighted by Crippen LogP contribution is 2.30. The van der Waals surface area contributed by atoms with Crippen LogP contribution in [0, 0.1) is 5.82 Å². The predicted octanol–water partition coefficient (Wildman–Crippen LogP) is 3.99. The topological polar surface area (TPSA) is 47.0 Å². The average molecular weight is 454 g/mol. The molecule has 1 N–H and O–H groups in total. The summed E-state index contributed by atoms with van der Waals surface area (Å²) in [6, 6.07) is 5.70. The van der Waals surface area contributed by atoms with Crippen molar-refractivity contribution in [3.8, 4) is 0 Å². The Morgan fingerprint density at radius 2 is 1.68 bits per heavy atom. The Balaban J connectivity index is 1.44. The van der Waals surface area contributed by atoms with Crippen molar-refractivity contribution in [1.29, 1.82) is 0 Å². The van der Waals surface area contributed by atoms with Gasteiger partial charge in [-0.1, -0.05) is 15.9 Å². The molecular weight excluding hydrogens is 425 g/mol. The van der Waals surface area contributed by atoms with Crippen molar-refractivity contribution in [3.63, 3.8) is 0 Å². The summed E-state index contributed by atoms with van der Waals surface area (Å²) in [4.78, 5) is 19.4. The second kappa shape index (κ2) is 8.57. The molecule has 7 heteroatoms. The molecule has 1 aliphatic carbocycles. The second-order valence-electron chi connectivity index (χ2n) is 8.32. The van der Waals surface area contributed by atoms with Gasteiger partial charge in [0.05, 0.1) is 17.8 Å². The average Bonchev–Trinajstić information content (AvgIpc) is 2.69. The minimum absolute atomic E-state index is 0.126. The fraction of sp³-hybridized carbons (Fsp3) is 0.667. The normalized spacial score (nSPS) is 29.3. The van der Waals surface area contributed by atoms with Gasteiger partial charge in [0.2, 0.25) is 0 Å². The van der Waals surface area contributed by atoms with E-state index in [1.165, 1.54) is 6.07 Å². The maximum Gasteiger partial charge on any atom is 0.320 e. The molecule has 1 aromatic carbocycles. The number of anilines is 1. The van der Waals surface area contributed by atoms with Crippen molar-refractivity contribution >= 4 is 27.6 Å². The second-order valence-corrected chi connectivity index (χ2v) is 9.24. The predicted molar refractivity (Wildman–Crippen MR) is 111 cm³/mol. The number of aliphatic hydroxyl groups is 1. The molecule has 0 aromatic heterocycles. The van der Waals surface area contributed by atoms with Gasteiger partial charge in [0, 0.05) is 36.7 Å². The molecule has 3 fully saturated rings. The summed E-state index contributed by atoms with van der Waals surface area (Å²) in [6.07, 6.45) is 6.05. The number of nitrogens with zero attached hydrogens (tertiary/aromatic N) is 3. The number of carbonyl (C=O) groups is 1. The lowest BCUT2D eigenvalue weighted by molar-refractivity contribution is 0.0505. The SMILES string of the molecule is O=C1N(C2CCC(O)CC2)CCCN1C1CCCN(c2ccc(Br)cc2F)C1. The lowest BCUT2D eigenvalue weighted by Crippen LogP contribution is -2.59. The van der Waals surface area contributed by atoms with E-state index in [0.29, 0.717) is 12.2 Å². The molecule has 28 heavy (non-hydrogen) atoms. The number of urea groups is 1. The van der Waals surface area contributed by atoms with Crippen LogP contribution in [-0.4, -0.2) is 65.3 Å². The summed E-state index contributed by atoms with van der Waals surface area (Å²) in [7, 11) is 0. The molecule has 1 aromatic rings. The molecule has 1 saturated carbocycles. The van der Waals surface area contributed by atoms with E-state index < -0.39 is 0 Å². The van der Waals surface area contributed by atoms with Gasteiger partial charge in [-0.25, -0.2) is 9.18 Å². The molecule has 0 spiro atoms. The van der Waals surface area contributed by atoms with E-state index >= 15 is 0 Å². The monoisotopic (exact) mass is 453 g/mol. The van der Waals surface area contributed by atoms with Crippen LogP contribution < -0.4 is 4.90 Å². The Morgan fingerprint density at radius 3 is 2.39 bits per heavy atom. The molecule has 5 nitrogen and oxygen atoms in total. The van der Waals surface area contributed by atoms with Gasteiger partial charge in [0.1, 0.15) is 5.82 Å². The number of piperidine rings is 1. The number of carbonyl (C=O) groups excluding carboxylic acids is 1. The molecular formula is C21H29BrFN3O2. The zero-order valence-corrected chi connectivity index (χ0v) is 17.8. The Bertz CT molecular complexity index is 711. The third-order valence-corrected chi connectivity index (χ3v) is 6.98. The Kier molecular flexibility index (Phi) is 6.11. The quantitative estimate of drug-likeness (QED) is 0.752. The molecule has 2 heterocycles. The van der Waals surface area contributed by atoms with Crippen molar-refractivity contribution in [3.05, 3.63) is 28.5 Å². The van der Waals surface area contributed by atoms with E-state index in [-0.39, 0.29) is 30.0 Å². The standard InChI is InChI=1S/C21H29BrFN3O2/c22-15-4-9-20(19(23)13-15)24-10-1-3-17(14-24)26-12-2-11-25(21(26)28)16-5-7-18(27)8-6-16/h4,9,13,16-18,27H,1-3,5-8,10-12,14H2. The number of rotatable bonds is 3. The molecule has 0 bridgehead atoms. The number of amides is 2. The van der Waals surface area contributed by atoms with E-state index in [2.05, 4.69) is 20.8 Å². The Morgan fingerprint density at radius 1 is 0.964 bits per heavy atom. The van der Waals surface area contributed by atoms with E-state index in [4.69, 9.17) is 0 Å². The lowest BCUT2D eigenvalue weighted by Gasteiger charge is -2.47. The number of hydrogen-bond acceptors (Lipinski definition) is 3. The van der Waals surface area contributed by atoms with Crippen LogP contribution in [0.3, 0.4) is 0 Å². The minimum Gasteiger partial charge on any atom is -0.393 e. The van der Waals surface area contributed by atoms with E-state index in [1.807, 2.05) is 21.9 Å². The van der Waals surface area contributed by atoms with Crippen LogP contribution in [0.1, 0.15) is 44.9 Å². The van der Waals surface area contributed by atoms with Crippen LogP contribution in [0.4, 0.5) is 14.9 Å². The van der Waals surface area contributed by atoms with E-state index in [9.17, 15) is 14.3 Å². The van der Waals surface area contributed by atoms with E-state index in [1.54, 1.807) is 0 Å². The van der Waals surface area contributed by atoms with Crippen molar-refractivity contribution in [1.82, 2.24) is 9.80 Å². The molecule has 154 valence electrons. The molecule has 4 rings (SSSR count). The maximum absolute atomic E-state index is 14.4. The van der Waals surface area contributed by atoms with Gasteiger partial charge in [0.25, 0.3) is 0 Å². The molecule has 2 saturated heterocycles. The summed E-state index contributed by atoms with van der Waals surface area (Å²) in [5.41, 5.74) is 0.621. The smallest absolute Gasteiger partial charge is 0.320 e. The first-order chi connectivity index (χ1) is 13.5. The first-order valence-electron chi connectivity index (χ1n) is 10.5. The van der Waals surface area contributed by atoms with Gasteiger partial charge in [-0.3, -0.25) is 0 Å². The fourth-order valence-corrected chi connectivity index (χ4v) is 5.31. The Labute approximate surface area is 174 Å². The van der Waals surface area contributed by atoms with Crippen LogP contribution in [0.5, 0.6) is 0 Å². The number of halogens is 2. The summed E-state index contributed by atoms with van der Waals surface area (Å²) in [6.45, 7) is 3.10. The van der Waals surface area contributed by atoms with Crippen LogP contribution in [0.25, 0.3) is 0 Å². The third kappa shape index (κ3) is 4.15. The van der Waals surface area contributed by atoms with Crippen LogP contribution in [0.2, 0.25) is 0 Å². The number of hydrogen-bond donors (Lipinski definition) is 1. The Hall–Kier alpha value is -1.34. The fourth-order valence-electron chi connectivity index (χ4n) is 4.98. The lowest BCUT2D eigenvalue weighted by atomic mass is 9.91. The van der Waals surface area contributed by atoms with Gasteiger partial charge >= 0.3 is 6.03 Å². The first-order valence-corrected chi connectivity index (χ1v) is 11.3. The van der Waals surface area contributed by atoms with Crippen LogP contribution in [0.15, 0.2) is 22.7 Å². The van der Waals surface area contributed by atoms with E-state index in [0.717, 1.165) is 69.1 Å². The maximum atomic E-state index is 14.4. The summed E-state index contributed by atoms with van der Waals surface area (Å²) in [5, 5.41) is 9.77. The van der Waals surface area contributed by atoms with Crippen LogP contribution >= 0.6 is 15.9 Å². The first kappa shape index (κ1) is 20.0. The minimum atomic E-state index is -0.220. The van der Waals surface area contributed by atoms with Gasteiger partial charge in [-0.05, 0) is 63.1 Å². The van der Waals surface area contributed by atoms with Gasteiger partial charge in [-0.2, -0.15) is 0 Å². The van der Waals surface area contributed by atoms with Gasteiger partial charge < -0.3 is 19.8 Å². The zero-order chi connectivity index (χ0) is 19.7. The summed E-state index contributed by atoms with van der Waals surface area (Å²) in [5.74, 6) is -0.220. The van der Waals surface area contributed by atoms with Crippen LogP contribution in [-0.2, 0) is 0 Å². The van der Waals surface area contributed by atoms with Crippen molar-refractivity contribution < 1.29 is 14.3 Å². The largest absolute Gasteiger partial charge is 0.393 e. The molecule has 1 atom stereocenters. The molecule has 3 aliphatic rings. The highest BCUT2D eigenvalue weighted by atomic mass is 79.9. The zero-order valence-electron chi connectivity index (χ0n) is 16.2. The van der Waals surface area contributed by atoms with Gasteiger partial charge in [-0.15, -0.1) is 0 Å². The number of benzene rings is 1. The molecule has 2 aliphatic heterocycles. The number of aliphatic hydroxyl groups excluding tert-OH is 1. The van der Waals surface area contributed by atoms with Crippen molar-refractivity contribution in [2.75, 3.05) is 31.1 Å². The van der Waals surface area contributed by atoms with Crippen molar-refractivity contribution in [2.24, 2.45) is 0 Å².